The maximum Gasteiger partial charge on any atom is 0.138 e. The number of halogens is 1. The first-order chi connectivity index (χ1) is 8.56. The summed E-state index contributed by atoms with van der Waals surface area (Å²) in [5, 5.41) is 4.04. The van der Waals surface area contributed by atoms with Gasteiger partial charge in [-0.1, -0.05) is 17.7 Å². The van der Waals surface area contributed by atoms with Gasteiger partial charge in [0.1, 0.15) is 5.75 Å². The molecule has 2 atom stereocenters. The average molecular weight is 270 g/mol. The molecule has 0 radical (unpaired) electrons. The lowest BCUT2D eigenvalue weighted by Gasteiger charge is -2.28. The summed E-state index contributed by atoms with van der Waals surface area (Å²) in [7, 11) is 0. The molecule has 2 unspecified atom stereocenters. The van der Waals surface area contributed by atoms with E-state index < -0.39 is 0 Å². The molecule has 0 amide bonds. The standard InChI is InChI=1S/C14H20ClNO2/c1-9(2)18-13-5-4-11(6-12(13)15)14-7-16-10(3)8-17-14/h4-6,9-10,14,16H,7-8H2,1-3H3. The van der Waals surface area contributed by atoms with Crippen LogP contribution in [0.15, 0.2) is 18.2 Å². The molecule has 0 aromatic heterocycles. The summed E-state index contributed by atoms with van der Waals surface area (Å²) in [6.07, 6.45) is 0.202. The Morgan fingerprint density at radius 2 is 2.22 bits per heavy atom. The highest BCUT2D eigenvalue weighted by Crippen LogP contribution is 2.30. The summed E-state index contributed by atoms with van der Waals surface area (Å²) in [6.45, 7) is 7.64. The smallest absolute Gasteiger partial charge is 0.138 e. The molecule has 1 aromatic carbocycles. The lowest BCUT2D eigenvalue weighted by molar-refractivity contribution is 0.00692. The van der Waals surface area contributed by atoms with Gasteiger partial charge >= 0.3 is 0 Å². The molecule has 1 heterocycles. The van der Waals surface area contributed by atoms with Gasteiger partial charge in [-0.05, 0) is 38.5 Å². The molecule has 100 valence electrons. The summed E-state index contributed by atoms with van der Waals surface area (Å²) in [5.41, 5.74) is 1.09. The van der Waals surface area contributed by atoms with Crippen LogP contribution < -0.4 is 10.1 Å². The normalized spacial score (nSPS) is 24.3. The van der Waals surface area contributed by atoms with Gasteiger partial charge in [0.2, 0.25) is 0 Å². The SMILES string of the molecule is CC1COC(c2ccc(OC(C)C)c(Cl)c2)CN1. The summed E-state index contributed by atoms with van der Waals surface area (Å²) >= 11 is 6.22. The maximum atomic E-state index is 6.22. The second kappa shape index (κ2) is 5.91. The van der Waals surface area contributed by atoms with E-state index in [1.54, 1.807) is 0 Å². The van der Waals surface area contributed by atoms with Gasteiger partial charge in [0.25, 0.3) is 0 Å². The lowest BCUT2D eigenvalue weighted by Crippen LogP contribution is -2.40. The van der Waals surface area contributed by atoms with Crippen molar-refractivity contribution in [3.05, 3.63) is 28.8 Å². The quantitative estimate of drug-likeness (QED) is 0.914. The number of hydrogen-bond donors (Lipinski definition) is 1. The monoisotopic (exact) mass is 269 g/mol. The molecule has 4 heteroatoms. The molecular formula is C14H20ClNO2. The molecule has 0 spiro atoms. The molecule has 1 N–H and O–H groups in total. The molecule has 0 bridgehead atoms. The number of ether oxygens (including phenoxy) is 2. The summed E-state index contributed by atoms with van der Waals surface area (Å²) in [6, 6.07) is 6.28. The molecule has 1 aromatic rings. The molecule has 0 saturated carbocycles. The zero-order valence-corrected chi connectivity index (χ0v) is 11.8. The van der Waals surface area contributed by atoms with Crippen molar-refractivity contribution in [1.82, 2.24) is 5.32 Å². The number of hydrogen-bond acceptors (Lipinski definition) is 3. The third-order valence-electron chi connectivity index (χ3n) is 2.89. The van der Waals surface area contributed by atoms with Crippen molar-refractivity contribution in [2.24, 2.45) is 0 Å². The van der Waals surface area contributed by atoms with Crippen LogP contribution in [0.4, 0.5) is 0 Å². The van der Waals surface area contributed by atoms with E-state index in [0.29, 0.717) is 11.1 Å². The third kappa shape index (κ3) is 3.37. The first-order valence-corrected chi connectivity index (χ1v) is 6.75. The van der Waals surface area contributed by atoms with Gasteiger partial charge in [-0.15, -0.1) is 0 Å². The first-order valence-electron chi connectivity index (χ1n) is 6.37. The molecular weight excluding hydrogens is 250 g/mol. The van der Waals surface area contributed by atoms with Crippen LogP contribution in [-0.4, -0.2) is 25.3 Å². The van der Waals surface area contributed by atoms with Crippen LogP contribution in [0.25, 0.3) is 0 Å². The lowest BCUT2D eigenvalue weighted by atomic mass is 10.1. The first kappa shape index (κ1) is 13.7. The minimum Gasteiger partial charge on any atom is -0.489 e. The largest absolute Gasteiger partial charge is 0.489 e. The van der Waals surface area contributed by atoms with E-state index in [-0.39, 0.29) is 12.2 Å². The van der Waals surface area contributed by atoms with Crippen LogP contribution in [0.5, 0.6) is 5.75 Å². The predicted octanol–water partition coefficient (Wildman–Crippen LogP) is 3.18. The van der Waals surface area contributed by atoms with Gasteiger partial charge in [0.15, 0.2) is 0 Å². The Labute approximate surface area is 113 Å². The van der Waals surface area contributed by atoms with Crippen molar-refractivity contribution in [2.45, 2.75) is 39.0 Å². The zero-order chi connectivity index (χ0) is 13.1. The Hall–Kier alpha value is -0.770. The molecule has 1 saturated heterocycles. The van der Waals surface area contributed by atoms with Crippen molar-refractivity contribution < 1.29 is 9.47 Å². The minimum atomic E-state index is 0.0757. The van der Waals surface area contributed by atoms with Crippen molar-refractivity contribution in [3.8, 4) is 5.75 Å². The summed E-state index contributed by atoms with van der Waals surface area (Å²) < 4.78 is 11.4. The fraction of sp³-hybridized carbons (Fsp3) is 0.571. The van der Waals surface area contributed by atoms with Gasteiger partial charge in [-0.25, -0.2) is 0 Å². The average Bonchev–Trinajstić information content (AvgIpc) is 2.32. The fourth-order valence-electron chi connectivity index (χ4n) is 1.97. The van der Waals surface area contributed by atoms with Gasteiger partial charge < -0.3 is 14.8 Å². The summed E-state index contributed by atoms with van der Waals surface area (Å²) in [5.74, 6) is 0.729. The number of nitrogens with one attached hydrogen (secondary N) is 1. The molecule has 1 aliphatic rings. The second-order valence-electron chi connectivity index (χ2n) is 4.99. The highest BCUT2D eigenvalue weighted by Gasteiger charge is 2.20. The van der Waals surface area contributed by atoms with E-state index in [9.17, 15) is 0 Å². The number of morpholine rings is 1. The highest BCUT2D eigenvalue weighted by molar-refractivity contribution is 6.32. The van der Waals surface area contributed by atoms with Crippen molar-refractivity contribution in [2.75, 3.05) is 13.2 Å². The van der Waals surface area contributed by atoms with Gasteiger partial charge in [-0.3, -0.25) is 0 Å². The van der Waals surface area contributed by atoms with Gasteiger partial charge in [0, 0.05) is 12.6 Å². The molecule has 0 aliphatic carbocycles. The molecule has 3 nitrogen and oxygen atoms in total. The Balaban J connectivity index is 2.08. The van der Waals surface area contributed by atoms with E-state index in [1.807, 2.05) is 32.0 Å². The molecule has 1 fully saturated rings. The van der Waals surface area contributed by atoms with Crippen LogP contribution >= 0.6 is 11.6 Å². The van der Waals surface area contributed by atoms with Crippen molar-refractivity contribution in [1.29, 1.82) is 0 Å². The second-order valence-corrected chi connectivity index (χ2v) is 5.39. The van der Waals surface area contributed by atoms with Crippen LogP contribution in [0.2, 0.25) is 5.02 Å². The van der Waals surface area contributed by atoms with Crippen LogP contribution in [0.1, 0.15) is 32.4 Å². The summed E-state index contributed by atoms with van der Waals surface area (Å²) in [4.78, 5) is 0. The third-order valence-corrected chi connectivity index (χ3v) is 3.18. The number of benzene rings is 1. The maximum absolute atomic E-state index is 6.22. The van der Waals surface area contributed by atoms with E-state index in [0.717, 1.165) is 24.5 Å². The Bertz CT molecular complexity index is 401. The zero-order valence-electron chi connectivity index (χ0n) is 11.1. The van der Waals surface area contributed by atoms with Crippen molar-refractivity contribution >= 4 is 11.6 Å². The fourth-order valence-corrected chi connectivity index (χ4v) is 2.20. The van der Waals surface area contributed by atoms with Crippen LogP contribution in [0, 0.1) is 0 Å². The topological polar surface area (TPSA) is 30.5 Å². The Kier molecular flexibility index (Phi) is 4.49. The highest BCUT2D eigenvalue weighted by atomic mass is 35.5. The molecule has 2 rings (SSSR count). The Morgan fingerprint density at radius 3 is 2.78 bits per heavy atom. The van der Waals surface area contributed by atoms with Crippen molar-refractivity contribution in [3.63, 3.8) is 0 Å². The van der Waals surface area contributed by atoms with E-state index in [1.165, 1.54) is 0 Å². The molecule has 1 aliphatic heterocycles. The van der Waals surface area contributed by atoms with Gasteiger partial charge in [-0.2, -0.15) is 0 Å². The number of rotatable bonds is 3. The van der Waals surface area contributed by atoms with E-state index in [4.69, 9.17) is 21.1 Å². The Morgan fingerprint density at radius 1 is 1.44 bits per heavy atom. The van der Waals surface area contributed by atoms with Crippen LogP contribution in [0.3, 0.4) is 0 Å². The minimum absolute atomic E-state index is 0.0757. The van der Waals surface area contributed by atoms with E-state index >= 15 is 0 Å². The van der Waals surface area contributed by atoms with Crippen LogP contribution in [-0.2, 0) is 4.74 Å². The van der Waals surface area contributed by atoms with E-state index in [2.05, 4.69) is 12.2 Å². The predicted molar refractivity (Wildman–Crippen MR) is 73.4 cm³/mol. The van der Waals surface area contributed by atoms with Gasteiger partial charge in [0.05, 0.1) is 23.8 Å². The molecule has 18 heavy (non-hydrogen) atoms.